The number of hydrogen-bond donors (Lipinski definition) is 0. The molecule has 0 saturated heterocycles. The van der Waals surface area contributed by atoms with E-state index in [1.807, 2.05) is 44.5 Å². The standard InChI is InChI=1S/C24H27N3O3S2/c1-6-9-17-20(23(29)30-7-2)21(18-10-8-11-31-18)27-22(28)19(32-24(27)25-17)13-16-12-14(3)26(5)15(16)4/h8,10-13,21H,6-7,9H2,1-5H3/b19-13+/t21-/m0/s1. The van der Waals surface area contributed by atoms with E-state index in [0.29, 0.717) is 27.0 Å². The molecule has 1 atom stereocenters. The maximum absolute atomic E-state index is 13.6. The molecule has 1 aliphatic rings. The van der Waals surface area contributed by atoms with E-state index in [2.05, 4.69) is 17.6 Å². The maximum atomic E-state index is 13.6. The summed E-state index contributed by atoms with van der Waals surface area (Å²) in [6, 6.07) is 5.46. The molecule has 3 aromatic heterocycles. The third-order valence-corrected chi connectivity index (χ3v) is 7.71. The summed E-state index contributed by atoms with van der Waals surface area (Å²) in [5.74, 6) is -0.401. The highest BCUT2D eigenvalue weighted by atomic mass is 32.1. The zero-order valence-electron chi connectivity index (χ0n) is 19.0. The zero-order valence-corrected chi connectivity index (χ0v) is 20.6. The van der Waals surface area contributed by atoms with Crippen molar-refractivity contribution in [2.75, 3.05) is 6.61 Å². The summed E-state index contributed by atoms with van der Waals surface area (Å²) in [5.41, 5.74) is 4.30. The van der Waals surface area contributed by atoms with Gasteiger partial charge in [0.15, 0.2) is 4.80 Å². The fourth-order valence-electron chi connectivity index (χ4n) is 4.01. The number of esters is 1. The number of aryl methyl sites for hydroxylation is 1. The number of aromatic nitrogens is 2. The van der Waals surface area contributed by atoms with Crippen LogP contribution in [0, 0.1) is 13.8 Å². The van der Waals surface area contributed by atoms with Crippen molar-refractivity contribution in [2.45, 2.75) is 46.6 Å². The van der Waals surface area contributed by atoms with Crippen molar-refractivity contribution in [3.05, 3.63) is 76.4 Å². The summed E-state index contributed by atoms with van der Waals surface area (Å²) in [5, 5.41) is 1.96. The average Bonchev–Trinajstić information content (AvgIpc) is 3.45. The topological polar surface area (TPSA) is 65.6 Å². The van der Waals surface area contributed by atoms with E-state index in [-0.39, 0.29) is 12.2 Å². The van der Waals surface area contributed by atoms with Crippen molar-refractivity contribution < 1.29 is 9.53 Å². The molecule has 0 N–H and O–H groups in total. The Balaban J connectivity index is 1.99. The first-order valence-corrected chi connectivity index (χ1v) is 12.4. The molecule has 4 heterocycles. The summed E-state index contributed by atoms with van der Waals surface area (Å²) in [6.07, 6.45) is 3.43. The van der Waals surface area contributed by atoms with Crippen LogP contribution in [-0.4, -0.2) is 21.7 Å². The number of allylic oxidation sites excluding steroid dienone is 1. The first kappa shape index (κ1) is 22.5. The summed E-state index contributed by atoms with van der Waals surface area (Å²) >= 11 is 2.91. The van der Waals surface area contributed by atoms with Gasteiger partial charge >= 0.3 is 5.97 Å². The first-order chi connectivity index (χ1) is 15.4. The van der Waals surface area contributed by atoms with Gasteiger partial charge in [-0.3, -0.25) is 9.36 Å². The zero-order chi connectivity index (χ0) is 23.0. The number of thiophene rings is 1. The Morgan fingerprint density at radius 2 is 2.09 bits per heavy atom. The molecule has 3 aromatic rings. The summed E-state index contributed by atoms with van der Waals surface area (Å²) in [6.45, 7) is 8.21. The predicted octanol–water partition coefficient (Wildman–Crippen LogP) is 3.60. The molecule has 0 amide bonds. The Kier molecular flexibility index (Phi) is 6.35. The molecule has 1 aliphatic heterocycles. The van der Waals surface area contributed by atoms with E-state index >= 15 is 0 Å². The van der Waals surface area contributed by atoms with Crippen LogP contribution in [0.25, 0.3) is 6.08 Å². The van der Waals surface area contributed by atoms with Crippen LogP contribution in [0.2, 0.25) is 0 Å². The van der Waals surface area contributed by atoms with Crippen molar-refractivity contribution in [1.29, 1.82) is 0 Å². The van der Waals surface area contributed by atoms with Crippen LogP contribution in [0.1, 0.15) is 54.6 Å². The van der Waals surface area contributed by atoms with Gasteiger partial charge in [-0.05, 0) is 56.3 Å². The summed E-state index contributed by atoms with van der Waals surface area (Å²) < 4.78 is 9.78. The van der Waals surface area contributed by atoms with Gasteiger partial charge in [0.2, 0.25) is 0 Å². The second-order valence-electron chi connectivity index (χ2n) is 7.81. The van der Waals surface area contributed by atoms with E-state index in [1.165, 1.54) is 22.7 Å². The monoisotopic (exact) mass is 469 g/mol. The molecule has 4 rings (SSSR count). The van der Waals surface area contributed by atoms with Gasteiger partial charge in [0.1, 0.15) is 6.04 Å². The highest BCUT2D eigenvalue weighted by Crippen LogP contribution is 2.34. The first-order valence-electron chi connectivity index (χ1n) is 10.8. The van der Waals surface area contributed by atoms with Crippen molar-refractivity contribution in [2.24, 2.45) is 12.0 Å². The van der Waals surface area contributed by atoms with Crippen molar-refractivity contribution in [3.8, 4) is 0 Å². The van der Waals surface area contributed by atoms with Gasteiger partial charge in [-0.2, -0.15) is 0 Å². The highest BCUT2D eigenvalue weighted by molar-refractivity contribution is 7.10. The Labute approximate surface area is 194 Å². The largest absolute Gasteiger partial charge is 0.463 e. The van der Waals surface area contributed by atoms with Crippen LogP contribution in [-0.2, 0) is 16.6 Å². The molecule has 0 saturated carbocycles. The van der Waals surface area contributed by atoms with Gasteiger partial charge in [0.25, 0.3) is 5.56 Å². The summed E-state index contributed by atoms with van der Waals surface area (Å²) in [4.78, 5) is 33.0. The Morgan fingerprint density at radius 1 is 1.31 bits per heavy atom. The lowest BCUT2D eigenvalue weighted by Gasteiger charge is -2.24. The molecule has 0 aromatic carbocycles. The molecule has 0 spiro atoms. The fourth-order valence-corrected chi connectivity index (χ4v) is 5.84. The molecule has 32 heavy (non-hydrogen) atoms. The van der Waals surface area contributed by atoms with Crippen LogP contribution < -0.4 is 14.9 Å². The second-order valence-corrected chi connectivity index (χ2v) is 9.80. The van der Waals surface area contributed by atoms with Crippen molar-refractivity contribution >= 4 is 34.7 Å². The number of hydrogen-bond acceptors (Lipinski definition) is 6. The van der Waals surface area contributed by atoms with Crippen LogP contribution in [0.4, 0.5) is 0 Å². The van der Waals surface area contributed by atoms with Gasteiger partial charge in [-0.25, -0.2) is 9.79 Å². The second kappa shape index (κ2) is 9.03. The van der Waals surface area contributed by atoms with Gasteiger partial charge in [-0.15, -0.1) is 11.3 Å². The molecular formula is C24H27N3O3S2. The Hall–Kier alpha value is -2.71. The molecular weight excluding hydrogens is 442 g/mol. The van der Waals surface area contributed by atoms with Crippen LogP contribution in [0.3, 0.4) is 0 Å². The van der Waals surface area contributed by atoms with E-state index in [1.54, 1.807) is 11.5 Å². The molecule has 0 fully saturated rings. The number of rotatable bonds is 6. The fraction of sp³-hybridized carbons (Fsp3) is 0.375. The predicted molar refractivity (Wildman–Crippen MR) is 129 cm³/mol. The SMILES string of the molecule is CCCC1=C(C(=O)OCC)[C@H](c2cccs2)n2c(s/c(=C/c3cc(C)n(C)c3C)c2=O)=N1. The van der Waals surface area contributed by atoms with Gasteiger partial charge in [0.05, 0.1) is 22.4 Å². The van der Waals surface area contributed by atoms with Crippen molar-refractivity contribution in [1.82, 2.24) is 9.13 Å². The number of carbonyl (C=O) groups is 1. The number of carbonyl (C=O) groups excluding carboxylic acids is 1. The van der Waals surface area contributed by atoms with Crippen molar-refractivity contribution in [3.63, 3.8) is 0 Å². The summed E-state index contributed by atoms with van der Waals surface area (Å²) in [7, 11) is 2.02. The number of thiazole rings is 1. The van der Waals surface area contributed by atoms with Crippen LogP contribution >= 0.6 is 22.7 Å². The highest BCUT2D eigenvalue weighted by Gasteiger charge is 2.34. The molecule has 8 heteroatoms. The van der Waals surface area contributed by atoms with E-state index in [4.69, 9.17) is 9.73 Å². The molecule has 0 radical (unpaired) electrons. The Morgan fingerprint density at radius 3 is 2.69 bits per heavy atom. The van der Waals surface area contributed by atoms with Gasteiger partial charge < -0.3 is 9.30 Å². The number of fused-ring (bicyclic) bond motifs is 1. The van der Waals surface area contributed by atoms with Crippen LogP contribution in [0.15, 0.2) is 44.6 Å². The smallest absolute Gasteiger partial charge is 0.338 e. The lowest BCUT2D eigenvalue weighted by molar-refractivity contribution is -0.139. The Bertz CT molecular complexity index is 1370. The molecule has 0 aliphatic carbocycles. The minimum atomic E-state index is -0.521. The van der Waals surface area contributed by atoms with E-state index in [9.17, 15) is 9.59 Å². The van der Waals surface area contributed by atoms with Crippen LogP contribution in [0.5, 0.6) is 0 Å². The molecule has 0 unspecified atom stereocenters. The quantitative estimate of drug-likeness (QED) is 0.518. The third kappa shape index (κ3) is 3.82. The van der Waals surface area contributed by atoms with E-state index < -0.39 is 12.0 Å². The van der Waals surface area contributed by atoms with Gasteiger partial charge in [0, 0.05) is 23.3 Å². The van der Waals surface area contributed by atoms with E-state index in [0.717, 1.165) is 28.2 Å². The minimum absolute atomic E-state index is 0.134. The lowest BCUT2D eigenvalue weighted by Crippen LogP contribution is -2.39. The number of nitrogens with zero attached hydrogens (tertiary/aromatic N) is 3. The third-order valence-electron chi connectivity index (χ3n) is 5.81. The maximum Gasteiger partial charge on any atom is 0.338 e. The molecule has 168 valence electrons. The number of ether oxygens (including phenoxy) is 1. The minimum Gasteiger partial charge on any atom is -0.463 e. The molecule has 6 nitrogen and oxygen atoms in total. The molecule has 0 bridgehead atoms. The lowest BCUT2D eigenvalue weighted by atomic mass is 9.99. The normalized spacial score (nSPS) is 16.3. The van der Waals surface area contributed by atoms with Gasteiger partial charge in [-0.1, -0.05) is 30.7 Å². The average molecular weight is 470 g/mol.